The predicted octanol–water partition coefficient (Wildman–Crippen LogP) is 2.24. The summed E-state index contributed by atoms with van der Waals surface area (Å²) < 4.78 is 5.00. The van der Waals surface area contributed by atoms with Crippen LogP contribution >= 0.6 is 0 Å². The molecule has 0 aliphatic rings. The Bertz CT molecular complexity index is 699. The molecule has 1 aromatic heterocycles. The molecule has 0 unspecified atom stereocenters. The summed E-state index contributed by atoms with van der Waals surface area (Å²) in [5.41, 5.74) is -0.122. The zero-order chi connectivity index (χ0) is 15.6. The molecule has 3 N–H and O–H groups in total. The van der Waals surface area contributed by atoms with Crippen molar-refractivity contribution in [3.05, 3.63) is 53.0 Å². The predicted molar refractivity (Wildman–Crippen MR) is 71.8 cm³/mol. The number of carboxylic acid groups (broad SMARTS) is 2. The van der Waals surface area contributed by atoms with E-state index in [1.165, 1.54) is 24.5 Å². The molecule has 21 heavy (non-hydrogen) atoms. The summed E-state index contributed by atoms with van der Waals surface area (Å²) >= 11 is 0. The standard InChI is InChI=1S/C14H11NO6/c1-7-2-10(6-21-7)12(16)15-11-4-8(13(17)18)3-9(5-11)14(19)20/h2-6H,1H3,(H,15,16)(H,17,18)(H,19,20). The summed E-state index contributed by atoms with van der Waals surface area (Å²) in [7, 11) is 0. The first-order chi connectivity index (χ1) is 9.86. The highest BCUT2D eigenvalue weighted by Crippen LogP contribution is 2.17. The van der Waals surface area contributed by atoms with Gasteiger partial charge in [-0.3, -0.25) is 4.79 Å². The zero-order valence-corrected chi connectivity index (χ0v) is 10.9. The van der Waals surface area contributed by atoms with E-state index in [1.54, 1.807) is 6.92 Å². The maximum absolute atomic E-state index is 11.9. The molecule has 0 aliphatic carbocycles. The number of carbonyl (C=O) groups is 3. The second-order valence-corrected chi connectivity index (χ2v) is 4.31. The number of carbonyl (C=O) groups excluding carboxylic acids is 1. The monoisotopic (exact) mass is 289 g/mol. The summed E-state index contributed by atoms with van der Waals surface area (Å²) in [6.45, 7) is 1.67. The van der Waals surface area contributed by atoms with Crippen LogP contribution in [0.5, 0.6) is 0 Å². The van der Waals surface area contributed by atoms with E-state index in [9.17, 15) is 14.4 Å². The van der Waals surface area contributed by atoms with Crippen molar-refractivity contribution in [3.8, 4) is 0 Å². The van der Waals surface area contributed by atoms with Crippen LogP contribution < -0.4 is 5.32 Å². The minimum Gasteiger partial charge on any atom is -0.478 e. The molecule has 0 atom stereocenters. The number of amides is 1. The summed E-state index contributed by atoms with van der Waals surface area (Å²) in [6, 6.07) is 4.88. The van der Waals surface area contributed by atoms with E-state index in [0.717, 1.165) is 6.07 Å². The number of benzene rings is 1. The summed E-state index contributed by atoms with van der Waals surface area (Å²) in [5.74, 6) is -2.54. The molecular formula is C14H11NO6. The van der Waals surface area contributed by atoms with Crippen molar-refractivity contribution in [2.75, 3.05) is 5.32 Å². The van der Waals surface area contributed by atoms with Gasteiger partial charge in [-0.2, -0.15) is 0 Å². The van der Waals surface area contributed by atoms with Gasteiger partial charge in [-0.1, -0.05) is 0 Å². The highest BCUT2D eigenvalue weighted by Gasteiger charge is 2.14. The topological polar surface area (TPSA) is 117 Å². The van der Waals surface area contributed by atoms with Gasteiger partial charge in [0.15, 0.2) is 0 Å². The van der Waals surface area contributed by atoms with Crippen molar-refractivity contribution >= 4 is 23.5 Å². The Kier molecular flexibility index (Phi) is 3.75. The second-order valence-electron chi connectivity index (χ2n) is 4.31. The molecule has 0 saturated carbocycles. The van der Waals surface area contributed by atoms with Crippen LogP contribution in [0.15, 0.2) is 34.9 Å². The SMILES string of the molecule is Cc1cc(C(=O)Nc2cc(C(=O)O)cc(C(=O)O)c2)co1. The summed E-state index contributed by atoms with van der Waals surface area (Å²) in [4.78, 5) is 33.9. The van der Waals surface area contributed by atoms with Crippen LogP contribution in [-0.2, 0) is 0 Å². The number of hydrogen-bond donors (Lipinski definition) is 3. The Labute approximate surface area is 118 Å². The van der Waals surface area contributed by atoms with Gasteiger partial charge in [0, 0.05) is 5.69 Å². The first kappa shape index (κ1) is 14.3. The molecule has 1 heterocycles. The minimum atomic E-state index is -1.28. The largest absolute Gasteiger partial charge is 0.478 e. The Morgan fingerprint density at radius 3 is 1.95 bits per heavy atom. The number of rotatable bonds is 4. The summed E-state index contributed by atoms with van der Waals surface area (Å²) in [5, 5.41) is 20.3. The van der Waals surface area contributed by atoms with Gasteiger partial charge in [0.25, 0.3) is 5.91 Å². The normalized spacial score (nSPS) is 10.1. The number of anilines is 1. The highest BCUT2D eigenvalue weighted by atomic mass is 16.4. The molecule has 2 rings (SSSR count). The van der Waals surface area contributed by atoms with Crippen LogP contribution in [-0.4, -0.2) is 28.1 Å². The maximum Gasteiger partial charge on any atom is 0.335 e. The lowest BCUT2D eigenvalue weighted by Crippen LogP contribution is -2.13. The van der Waals surface area contributed by atoms with E-state index < -0.39 is 17.8 Å². The number of furan rings is 1. The van der Waals surface area contributed by atoms with Gasteiger partial charge in [0.2, 0.25) is 0 Å². The highest BCUT2D eigenvalue weighted by molar-refractivity contribution is 6.05. The lowest BCUT2D eigenvalue weighted by Gasteiger charge is -2.06. The fraction of sp³-hybridized carbons (Fsp3) is 0.0714. The van der Waals surface area contributed by atoms with Gasteiger partial charge >= 0.3 is 11.9 Å². The van der Waals surface area contributed by atoms with E-state index >= 15 is 0 Å². The number of nitrogens with one attached hydrogen (secondary N) is 1. The van der Waals surface area contributed by atoms with Gasteiger partial charge in [-0.05, 0) is 31.2 Å². The van der Waals surface area contributed by atoms with Crippen LogP contribution in [0.4, 0.5) is 5.69 Å². The molecule has 108 valence electrons. The minimum absolute atomic E-state index is 0.0798. The fourth-order valence-corrected chi connectivity index (χ4v) is 1.71. The number of carboxylic acids is 2. The average Bonchev–Trinajstić information content (AvgIpc) is 2.85. The molecular weight excluding hydrogens is 278 g/mol. The van der Waals surface area contributed by atoms with Crippen LogP contribution in [0.3, 0.4) is 0 Å². The van der Waals surface area contributed by atoms with E-state index in [2.05, 4.69) is 5.32 Å². The first-order valence-corrected chi connectivity index (χ1v) is 5.85. The molecule has 0 saturated heterocycles. The van der Waals surface area contributed by atoms with E-state index in [0.29, 0.717) is 5.76 Å². The first-order valence-electron chi connectivity index (χ1n) is 5.85. The van der Waals surface area contributed by atoms with Crippen molar-refractivity contribution in [2.24, 2.45) is 0 Å². The molecule has 1 aromatic carbocycles. The molecule has 7 nitrogen and oxygen atoms in total. The Hall–Kier alpha value is -3.09. The van der Waals surface area contributed by atoms with Gasteiger partial charge in [-0.15, -0.1) is 0 Å². The van der Waals surface area contributed by atoms with Crippen molar-refractivity contribution in [2.45, 2.75) is 6.92 Å². The molecule has 1 amide bonds. The van der Waals surface area contributed by atoms with Crippen LogP contribution in [0, 0.1) is 6.92 Å². The molecule has 2 aromatic rings. The molecule has 0 radical (unpaired) electrons. The Morgan fingerprint density at radius 1 is 0.952 bits per heavy atom. The van der Waals surface area contributed by atoms with E-state index in [-0.39, 0.29) is 22.4 Å². The third kappa shape index (κ3) is 3.27. The van der Waals surface area contributed by atoms with Gasteiger partial charge in [-0.25, -0.2) is 9.59 Å². The third-order valence-corrected chi connectivity index (χ3v) is 2.68. The maximum atomic E-state index is 11.9. The fourth-order valence-electron chi connectivity index (χ4n) is 1.71. The van der Waals surface area contributed by atoms with Crippen LogP contribution in [0.1, 0.15) is 36.8 Å². The van der Waals surface area contributed by atoms with Crippen molar-refractivity contribution < 1.29 is 29.0 Å². The average molecular weight is 289 g/mol. The third-order valence-electron chi connectivity index (χ3n) is 2.68. The number of aryl methyl sites for hydroxylation is 1. The van der Waals surface area contributed by atoms with E-state index in [4.69, 9.17) is 14.6 Å². The van der Waals surface area contributed by atoms with Crippen molar-refractivity contribution in [1.82, 2.24) is 0 Å². The van der Waals surface area contributed by atoms with Crippen LogP contribution in [0.2, 0.25) is 0 Å². The van der Waals surface area contributed by atoms with Crippen LogP contribution in [0.25, 0.3) is 0 Å². The number of aromatic carboxylic acids is 2. The van der Waals surface area contributed by atoms with Crippen molar-refractivity contribution in [1.29, 1.82) is 0 Å². The smallest absolute Gasteiger partial charge is 0.335 e. The van der Waals surface area contributed by atoms with Gasteiger partial charge in [0.05, 0.1) is 16.7 Å². The molecule has 0 aliphatic heterocycles. The van der Waals surface area contributed by atoms with Gasteiger partial charge < -0.3 is 19.9 Å². The Morgan fingerprint density at radius 2 is 1.52 bits per heavy atom. The van der Waals surface area contributed by atoms with Gasteiger partial charge in [0.1, 0.15) is 12.0 Å². The lowest BCUT2D eigenvalue weighted by atomic mass is 10.1. The summed E-state index contributed by atoms with van der Waals surface area (Å²) in [6.07, 6.45) is 1.25. The van der Waals surface area contributed by atoms with Crippen molar-refractivity contribution in [3.63, 3.8) is 0 Å². The quantitative estimate of drug-likeness (QED) is 0.794. The van der Waals surface area contributed by atoms with E-state index in [1.807, 2.05) is 0 Å². The zero-order valence-electron chi connectivity index (χ0n) is 10.9. The lowest BCUT2D eigenvalue weighted by molar-refractivity contribution is 0.0696. The number of hydrogen-bond acceptors (Lipinski definition) is 4. The molecule has 0 bridgehead atoms. The molecule has 7 heteroatoms. The second kappa shape index (κ2) is 5.49. The molecule has 0 fully saturated rings. The molecule has 0 spiro atoms. The Balaban J connectivity index is 2.32.